The predicted octanol–water partition coefficient (Wildman–Crippen LogP) is 0.905. The number of amides is 2. The maximum atomic E-state index is 12.1. The maximum Gasteiger partial charge on any atom is 0.239 e. The van der Waals surface area contributed by atoms with Gasteiger partial charge in [0.1, 0.15) is 11.6 Å². The first-order valence-corrected chi connectivity index (χ1v) is 7.66. The van der Waals surface area contributed by atoms with E-state index in [9.17, 15) is 14.7 Å². The molecule has 0 bridgehead atoms. The van der Waals surface area contributed by atoms with Crippen molar-refractivity contribution in [3.8, 4) is 5.75 Å². The van der Waals surface area contributed by atoms with Gasteiger partial charge in [0.2, 0.25) is 11.8 Å². The minimum absolute atomic E-state index is 0.0249. The third-order valence-electron chi connectivity index (χ3n) is 3.74. The number of pyridine rings is 1. The van der Waals surface area contributed by atoms with Crippen LogP contribution in [0.2, 0.25) is 0 Å². The van der Waals surface area contributed by atoms with Crippen LogP contribution in [-0.2, 0) is 16.0 Å². The van der Waals surface area contributed by atoms with Gasteiger partial charge in [0.15, 0.2) is 0 Å². The Hall–Kier alpha value is -3.09. The molecule has 0 radical (unpaired) electrons. The van der Waals surface area contributed by atoms with E-state index in [1.807, 2.05) is 4.90 Å². The van der Waals surface area contributed by atoms with Gasteiger partial charge in [-0.1, -0.05) is 18.2 Å². The number of nitrogens with one attached hydrogen (secondary N) is 2. The van der Waals surface area contributed by atoms with E-state index in [2.05, 4.69) is 15.6 Å². The summed E-state index contributed by atoms with van der Waals surface area (Å²) in [6, 6.07) is 10.3. The lowest BCUT2D eigenvalue weighted by atomic mass is 10.1. The molecule has 0 unspecified atom stereocenters. The molecule has 1 saturated heterocycles. The van der Waals surface area contributed by atoms with Crippen LogP contribution in [0.4, 0.5) is 11.5 Å². The van der Waals surface area contributed by atoms with Crippen LogP contribution >= 0.6 is 0 Å². The fourth-order valence-electron chi connectivity index (χ4n) is 2.52. The van der Waals surface area contributed by atoms with Gasteiger partial charge in [-0.2, -0.15) is 0 Å². The highest BCUT2D eigenvalue weighted by atomic mass is 16.3. The second-order valence-electron chi connectivity index (χ2n) is 5.53. The van der Waals surface area contributed by atoms with E-state index in [1.54, 1.807) is 42.6 Å². The second kappa shape index (κ2) is 6.99. The average Bonchev–Trinajstić information content (AvgIpc) is 2.58. The molecule has 1 fully saturated rings. The Bertz CT molecular complexity index is 746. The van der Waals surface area contributed by atoms with Crippen molar-refractivity contribution >= 4 is 23.3 Å². The summed E-state index contributed by atoms with van der Waals surface area (Å²) in [6.07, 6.45) is 1.64. The van der Waals surface area contributed by atoms with Gasteiger partial charge in [-0.3, -0.25) is 9.59 Å². The molecule has 0 aliphatic carbocycles. The smallest absolute Gasteiger partial charge is 0.239 e. The van der Waals surface area contributed by atoms with Crippen molar-refractivity contribution in [2.75, 3.05) is 29.9 Å². The van der Waals surface area contributed by atoms with Crippen LogP contribution in [0.1, 0.15) is 5.56 Å². The molecule has 7 nitrogen and oxygen atoms in total. The van der Waals surface area contributed by atoms with E-state index >= 15 is 0 Å². The summed E-state index contributed by atoms with van der Waals surface area (Å²) < 4.78 is 0. The van der Waals surface area contributed by atoms with E-state index in [0.29, 0.717) is 30.2 Å². The van der Waals surface area contributed by atoms with Gasteiger partial charge in [0.25, 0.3) is 0 Å². The van der Waals surface area contributed by atoms with Crippen LogP contribution in [0.25, 0.3) is 0 Å². The largest absolute Gasteiger partial charge is 0.508 e. The standard InChI is InChI=1S/C17H18N4O3/c22-14-4-2-1-3-12(14)9-16(23)20-13-5-6-15(19-10-13)21-8-7-18-17(24)11-21/h1-6,10,22H,7-9,11H2,(H,18,24)(H,20,23). The lowest BCUT2D eigenvalue weighted by molar-refractivity contribution is -0.120. The molecular formula is C17H18N4O3. The van der Waals surface area contributed by atoms with Crippen molar-refractivity contribution in [3.63, 3.8) is 0 Å². The van der Waals surface area contributed by atoms with Crippen molar-refractivity contribution in [1.82, 2.24) is 10.3 Å². The number of carbonyl (C=O) groups is 2. The average molecular weight is 326 g/mol. The van der Waals surface area contributed by atoms with Gasteiger partial charge >= 0.3 is 0 Å². The number of rotatable bonds is 4. The number of hydrogen-bond donors (Lipinski definition) is 3. The van der Waals surface area contributed by atoms with Crippen molar-refractivity contribution in [2.45, 2.75) is 6.42 Å². The van der Waals surface area contributed by atoms with Crippen molar-refractivity contribution in [1.29, 1.82) is 0 Å². The number of hydrogen-bond acceptors (Lipinski definition) is 5. The zero-order valence-corrected chi connectivity index (χ0v) is 13.0. The Morgan fingerprint density at radius 2 is 2.12 bits per heavy atom. The van der Waals surface area contributed by atoms with Gasteiger partial charge in [-0.25, -0.2) is 4.98 Å². The normalized spacial score (nSPS) is 14.2. The van der Waals surface area contributed by atoms with E-state index in [1.165, 1.54) is 0 Å². The van der Waals surface area contributed by atoms with Gasteiger partial charge < -0.3 is 20.6 Å². The van der Waals surface area contributed by atoms with Crippen LogP contribution in [0.15, 0.2) is 42.6 Å². The summed E-state index contributed by atoms with van der Waals surface area (Å²) in [5.41, 5.74) is 1.14. The van der Waals surface area contributed by atoms with E-state index < -0.39 is 0 Å². The molecular weight excluding hydrogens is 308 g/mol. The number of piperazine rings is 1. The third kappa shape index (κ3) is 3.81. The second-order valence-corrected chi connectivity index (χ2v) is 5.53. The summed E-state index contributed by atoms with van der Waals surface area (Å²) in [5.74, 6) is 0.541. The number of anilines is 2. The van der Waals surface area contributed by atoms with Gasteiger partial charge in [0, 0.05) is 18.7 Å². The number of benzene rings is 1. The fourth-order valence-corrected chi connectivity index (χ4v) is 2.52. The molecule has 0 spiro atoms. The first-order valence-electron chi connectivity index (χ1n) is 7.66. The molecule has 24 heavy (non-hydrogen) atoms. The van der Waals surface area contributed by atoms with Crippen LogP contribution in [0, 0.1) is 0 Å². The Kier molecular flexibility index (Phi) is 4.60. The number of phenols is 1. The first kappa shape index (κ1) is 15.8. The first-order chi connectivity index (χ1) is 11.6. The fraction of sp³-hybridized carbons (Fsp3) is 0.235. The van der Waals surface area contributed by atoms with E-state index in [0.717, 1.165) is 0 Å². The van der Waals surface area contributed by atoms with Gasteiger partial charge in [-0.15, -0.1) is 0 Å². The molecule has 0 saturated carbocycles. The third-order valence-corrected chi connectivity index (χ3v) is 3.74. The SMILES string of the molecule is O=C1CN(c2ccc(NC(=O)Cc3ccccc3O)cn2)CCN1. The summed E-state index contributed by atoms with van der Waals surface area (Å²) in [6.45, 7) is 1.59. The molecule has 3 rings (SSSR count). The Morgan fingerprint density at radius 3 is 2.83 bits per heavy atom. The number of aromatic hydroxyl groups is 1. The molecule has 1 aromatic heterocycles. The van der Waals surface area contributed by atoms with Crippen LogP contribution in [-0.4, -0.2) is 41.5 Å². The number of phenolic OH excluding ortho intramolecular Hbond substituents is 1. The minimum Gasteiger partial charge on any atom is -0.508 e. The quantitative estimate of drug-likeness (QED) is 0.776. The molecule has 1 aliphatic heterocycles. The molecule has 2 amide bonds. The van der Waals surface area contributed by atoms with Gasteiger partial charge in [0.05, 0.1) is 24.8 Å². The zero-order chi connectivity index (χ0) is 16.9. The lowest BCUT2D eigenvalue weighted by Gasteiger charge is -2.27. The molecule has 3 N–H and O–H groups in total. The molecule has 2 heterocycles. The summed E-state index contributed by atoms with van der Waals surface area (Å²) in [4.78, 5) is 29.6. The number of nitrogens with zero attached hydrogens (tertiary/aromatic N) is 2. The van der Waals surface area contributed by atoms with Crippen LogP contribution in [0.5, 0.6) is 5.75 Å². The number of carbonyl (C=O) groups excluding carboxylic acids is 2. The van der Waals surface area contributed by atoms with E-state index in [4.69, 9.17) is 0 Å². The number of para-hydroxylation sites is 1. The number of aromatic nitrogens is 1. The lowest BCUT2D eigenvalue weighted by Crippen LogP contribution is -2.48. The Labute approximate surface area is 139 Å². The summed E-state index contributed by atoms with van der Waals surface area (Å²) >= 11 is 0. The maximum absolute atomic E-state index is 12.1. The topological polar surface area (TPSA) is 94.6 Å². The summed E-state index contributed by atoms with van der Waals surface area (Å²) in [7, 11) is 0. The van der Waals surface area contributed by atoms with Crippen molar-refractivity contribution in [3.05, 3.63) is 48.2 Å². The van der Waals surface area contributed by atoms with E-state index in [-0.39, 0.29) is 30.5 Å². The molecule has 7 heteroatoms. The zero-order valence-electron chi connectivity index (χ0n) is 13.0. The van der Waals surface area contributed by atoms with Crippen LogP contribution < -0.4 is 15.5 Å². The monoisotopic (exact) mass is 326 g/mol. The molecule has 124 valence electrons. The van der Waals surface area contributed by atoms with Crippen LogP contribution in [0.3, 0.4) is 0 Å². The highest BCUT2D eigenvalue weighted by molar-refractivity contribution is 5.92. The summed E-state index contributed by atoms with van der Waals surface area (Å²) in [5, 5.41) is 15.2. The van der Waals surface area contributed by atoms with Crippen molar-refractivity contribution < 1.29 is 14.7 Å². The predicted molar refractivity (Wildman–Crippen MR) is 89.9 cm³/mol. The molecule has 1 aliphatic rings. The Morgan fingerprint density at radius 1 is 1.29 bits per heavy atom. The van der Waals surface area contributed by atoms with Crippen molar-refractivity contribution in [2.24, 2.45) is 0 Å². The highest BCUT2D eigenvalue weighted by Gasteiger charge is 2.17. The molecule has 0 atom stereocenters. The Balaban J connectivity index is 1.60. The molecule has 1 aromatic carbocycles. The minimum atomic E-state index is -0.233. The highest BCUT2D eigenvalue weighted by Crippen LogP contribution is 2.18. The van der Waals surface area contributed by atoms with Gasteiger partial charge in [-0.05, 0) is 18.2 Å². The molecule has 2 aromatic rings.